The van der Waals surface area contributed by atoms with E-state index in [0.29, 0.717) is 17.8 Å². The zero-order chi connectivity index (χ0) is 17.1. The van der Waals surface area contributed by atoms with E-state index >= 15 is 0 Å². The van der Waals surface area contributed by atoms with E-state index in [4.69, 9.17) is 4.74 Å². The minimum absolute atomic E-state index is 0.138. The number of carbonyl (C=O) groups excluding carboxylic acids is 2. The highest BCUT2D eigenvalue weighted by atomic mass is 16.5. The molecule has 0 spiro atoms. The van der Waals surface area contributed by atoms with Crippen LogP contribution in [0.25, 0.3) is 0 Å². The fraction of sp³-hybridized carbons (Fsp3) is 0.278. The maximum Gasteiger partial charge on any atom is 0.255 e. The number of benzene rings is 1. The monoisotopic (exact) mass is 325 g/mol. The lowest BCUT2D eigenvalue weighted by Gasteiger charge is -2.08. The zero-order valence-electron chi connectivity index (χ0n) is 13.6. The molecule has 0 saturated heterocycles. The first-order valence-electron chi connectivity index (χ1n) is 7.81. The number of pyridine rings is 1. The van der Waals surface area contributed by atoms with Gasteiger partial charge in [0.05, 0.1) is 12.2 Å². The standard InChI is InChI=1S/C18H19N3O3/c1-11-7-14-9-15(3-4-17(14)24-11)21-18(23)13-5-6-19-16(8-13)10-20-12(2)22/h3-6,8-9,11H,7,10H2,1-2H3,(H,20,22)(H,21,23). The van der Waals surface area contributed by atoms with Gasteiger partial charge in [0.2, 0.25) is 5.91 Å². The van der Waals surface area contributed by atoms with Crippen LogP contribution < -0.4 is 15.4 Å². The fourth-order valence-corrected chi connectivity index (χ4v) is 2.63. The van der Waals surface area contributed by atoms with Gasteiger partial charge >= 0.3 is 0 Å². The van der Waals surface area contributed by atoms with Crippen LogP contribution in [0.4, 0.5) is 5.69 Å². The number of nitrogens with zero attached hydrogens (tertiary/aromatic N) is 1. The number of amides is 2. The highest BCUT2D eigenvalue weighted by molar-refractivity contribution is 6.04. The Labute approximate surface area is 140 Å². The smallest absolute Gasteiger partial charge is 0.255 e. The van der Waals surface area contributed by atoms with Crippen LogP contribution in [0.1, 0.15) is 35.5 Å². The lowest BCUT2D eigenvalue weighted by molar-refractivity contribution is -0.119. The minimum Gasteiger partial charge on any atom is -0.490 e. The largest absolute Gasteiger partial charge is 0.490 e. The van der Waals surface area contributed by atoms with Crippen molar-refractivity contribution >= 4 is 17.5 Å². The summed E-state index contributed by atoms with van der Waals surface area (Å²) in [5.41, 5.74) is 2.96. The highest BCUT2D eigenvalue weighted by Gasteiger charge is 2.19. The Morgan fingerprint density at radius 2 is 2.12 bits per heavy atom. The summed E-state index contributed by atoms with van der Waals surface area (Å²) in [6, 6.07) is 8.96. The Balaban J connectivity index is 1.70. The van der Waals surface area contributed by atoms with E-state index in [2.05, 4.69) is 15.6 Å². The number of anilines is 1. The van der Waals surface area contributed by atoms with E-state index in [0.717, 1.165) is 23.4 Å². The van der Waals surface area contributed by atoms with Crippen molar-refractivity contribution in [3.8, 4) is 5.75 Å². The van der Waals surface area contributed by atoms with Crippen molar-refractivity contribution in [3.05, 3.63) is 53.3 Å². The number of fused-ring (bicyclic) bond motifs is 1. The summed E-state index contributed by atoms with van der Waals surface area (Å²) >= 11 is 0. The first-order valence-corrected chi connectivity index (χ1v) is 7.81. The van der Waals surface area contributed by atoms with Gasteiger partial charge in [-0.05, 0) is 42.8 Å². The third-order valence-corrected chi connectivity index (χ3v) is 3.75. The SMILES string of the molecule is CC(=O)NCc1cc(C(=O)Nc2ccc3c(c2)CC(C)O3)ccn1. The van der Waals surface area contributed by atoms with Crippen LogP contribution in [-0.2, 0) is 17.8 Å². The normalized spacial score (nSPS) is 15.3. The molecule has 2 amide bonds. The van der Waals surface area contributed by atoms with Crippen LogP contribution in [0, 0.1) is 0 Å². The molecule has 6 heteroatoms. The second-order valence-corrected chi connectivity index (χ2v) is 5.85. The average molecular weight is 325 g/mol. The van der Waals surface area contributed by atoms with E-state index in [-0.39, 0.29) is 17.9 Å². The number of nitrogens with one attached hydrogen (secondary N) is 2. The molecule has 0 aliphatic carbocycles. The minimum atomic E-state index is -0.214. The number of hydrogen-bond donors (Lipinski definition) is 2. The molecule has 0 fully saturated rings. The molecule has 3 rings (SSSR count). The van der Waals surface area contributed by atoms with Crippen molar-refractivity contribution in [1.29, 1.82) is 0 Å². The van der Waals surface area contributed by atoms with Crippen molar-refractivity contribution in [2.24, 2.45) is 0 Å². The summed E-state index contributed by atoms with van der Waals surface area (Å²) in [5, 5.41) is 5.55. The molecule has 124 valence electrons. The van der Waals surface area contributed by atoms with Crippen LogP contribution in [0.5, 0.6) is 5.75 Å². The first-order chi connectivity index (χ1) is 11.5. The highest BCUT2D eigenvalue weighted by Crippen LogP contribution is 2.31. The van der Waals surface area contributed by atoms with E-state index in [9.17, 15) is 9.59 Å². The molecular weight excluding hydrogens is 306 g/mol. The summed E-state index contributed by atoms with van der Waals surface area (Å²) in [6.45, 7) is 3.76. The zero-order valence-corrected chi connectivity index (χ0v) is 13.6. The molecule has 2 N–H and O–H groups in total. The van der Waals surface area contributed by atoms with Crippen molar-refractivity contribution in [1.82, 2.24) is 10.3 Å². The van der Waals surface area contributed by atoms with E-state index < -0.39 is 0 Å². The third-order valence-electron chi connectivity index (χ3n) is 3.75. The summed E-state index contributed by atoms with van der Waals surface area (Å²) in [7, 11) is 0. The molecule has 1 unspecified atom stereocenters. The molecule has 0 bridgehead atoms. The van der Waals surface area contributed by atoms with Crippen LogP contribution in [0.15, 0.2) is 36.5 Å². The van der Waals surface area contributed by atoms with Crippen LogP contribution in [-0.4, -0.2) is 22.9 Å². The van der Waals surface area contributed by atoms with Gasteiger partial charge in [0.25, 0.3) is 5.91 Å². The first kappa shape index (κ1) is 16.0. The number of carbonyl (C=O) groups is 2. The Morgan fingerprint density at radius 3 is 2.92 bits per heavy atom. The van der Waals surface area contributed by atoms with E-state index in [1.807, 2.05) is 25.1 Å². The van der Waals surface area contributed by atoms with Gasteiger partial charge in [-0.15, -0.1) is 0 Å². The van der Waals surface area contributed by atoms with Crippen molar-refractivity contribution in [3.63, 3.8) is 0 Å². The molecule has 2 heterocycles. The molecule has 1 aliphatic heterocycles. The molecule has 1 atom stereocenters. The number of aromatic nitrogens is 1. The summed E-state index contributed by atoms with van der Waals surface area (Å²) < 4.78 is 5.66. The molecular formula is C18H19N3O3. The predicted octanol–water partition coefficient (Wildman–Crippen LogP) is 2.29. The molecule has 1 aromatic heterocycles. The molecule has 0 saturated carbocycles. The lowest BCUT2D eigenvalue weighted by Crippen LogP contribution is -2.20. The van der Waals surface area contributed by atoms with Gasteiger partial charge in [-0.25, -0.2) is 0 Å². The van der Waals surface area contributed by atoms with Crippen molar-refractivity contribution in [2.45, 2.75) is 32.9 Å². The second-order valence-electron chi connectivity index (χ2n) is 5.85. The van der Waals surface area contributed by atoms with Crippen LogP contribution >= 0.6 is 0 Å². The van der Waals surface area contributed by atoms with Crippen molar-refractivity contribution in [2.75, 3.05) is 5.32 Å². The molecule has 24 heavy (non-hydrogen) atoms. The lowest BCUT2D eigenvalue weighted by atomic mass is 10.1. The third kappa shape index (κ3) is 3.71. The van der Waals surface area contributed by atoms with Gasteiger partial charge < -0.3 is 15.4 Å². The number of hydrogen-bond acceptors (Lipinski definition) is 4. The maximum absolute atomic E-state index is 12.4. The molecule has 2 aromatic rings. The average Bonchev–Trinajstić information content (AvgIpc) is 2.92. The summed E-state index contributed by atoms with van der Waals surface area (Å²) in [6.07, 6.45) is 2.57. The summed E-state index contributed by atoms with van der Waals surface area (Å²) in [5.74, 6) is 0.525. The van der Waals surface area contributed by atoms with E-state index in [1.54, 1.807) is 18.3 Å². The van der Waals surface area contributed by atoms with Crippen LogP contribution in [0.3, 0.4) is 0 Å². The number of ether oxygens (including phenoxy) is 1. The Kier molecular flexibility index (Phi) is 4.46. The topological polar surface area (TPSA) is 80.3 Å². The molecule has 6 nitrogen and oxygen atoms in total. The van der Waals surface area contributed by atoms with Gasteiger partial charge in [0.1, 0.15) is 11.9 Å². The van der Waals surface area contributed by atoms with Gasteiger partial charge in [-0.1, -0.05) is 0 Å². The van der Waals surface area contributed by atoms with Crippen LogP contribution in [0.2, 0.25) is 0 Å². The Bertz CT molecular complexity index is 789. The fourth-order valence-electron chi connectivity index (χ4n) is 2.63. The quantitative estimate of drug-likeness (QED) is 0.904. The van der Waals surface area contributed by atoms with Gasteiger partial charge in [0, 0.05) is 30.8 Å². The van der Waals surface area contributed by atoms with Gasteiger partial charge in [-0.3, -0.25) is 14.6 Å². The molecule has 1 aliphatic rings. The van der Waals surface area contributed by atoms with Crippen molar-refractivity contribution < 1.29 is 14.3 Å². The number of rotatable bonds is 4. The second kappa shape index (κ2) is 6.70. The molecule has 0 radical (unpaired) electrons. The molecule has 1 aromatic carbocycles. The van der Waals surface area contributed by atoms with Gasteiger partial charge in [-0.2, -0.15) is 0 Å². The maximum atomic E-state index is 12.4. The Morgan fingerprint density at radius 1 is 1.29 bits per heavy atom. The van der Waals surface area contributed by atoms with E-state index in [1.165, 1.54) is 6.92 Å². The summed E-state index contributed by atoms with van der Waals surface area (Å²) in [4.78, 5) is 27.5. The Hall–Kier alpha value is -2.89. The predicted molar refractivity (Wildman–Crippen MR) is 89.9 cm³/mol. The van der Waals surface area contributed by atoms with Gasteiger partial charge in [0.15, 0.2) is 0 Å².